The van der Waals surface area contributed by atoms with Crippen molar-refractivity contribution in [2.24, 2.45) is 5.92 Å². The molecule has 7 heteroatoms. The van der Waals surface area contributed by atoms with Crippen LogP contribution in [-0.4, -0.2) is 44.8 Å². The second-order valence-electron chi connectivity index (χ2n) is 6.14. The Bertz CT molecular complexity index is 677. The third-order valence-electron chi connectivity index (χ3n) is 3.20. The molecule has 0 bridgehead atoms. The van der Waals surface area contributed by atoms with Gasteiger partial charge in [0.1, 0.15) is 0 Å². The fourth-order valence-corrected chi connectivity index (χ4v) is 2.10. The predicted molar refractivity (Wildman–Crippen MR) is 88.4 cm³/mol. The number of rotatable bonds is 5. The number of pyridine rings is 1. The van der Waals surface area contributed by atoms with Gasteiger partial charge in [0.15, 0.2) is 17.5 Å². The fraction of sp³-hybridized carbons (Fsp3) is 0.500. The van der Waals surface area contributed by atoms with Crippen molar-refractivity contribution in [1.82, 2.24) is 30.0 Å². The lowest BCUT2D eigenvalue weighted by Gasteiger charge is -2.12. The van der Waals surface area contributed by atoms with Crippen molar-refractivity contribution < 1.29 is 4.79 Å². The number of hydrogen-bond donors (Lipinski definition) is 1. The highest BCUT2D eigenvalue weighted by Gasteiger charge is 2.15. The number of aromatic nitrogens is 4. The normalized spacial score (nSPS) is 10.9. The van der Waals surface area contributed by atoms with Crippen LogP contribution in [0.4, 0.5) is 4.79 Å². The summed E-state index contributed by atoms with van der Waals surface area (Å²) in [7, 11) is 3.40. The van der Waals surface area contributed by atoms with Crippen LogP contribution in [0.25, 0.3) is 5.82 Å². The van der Waals surface area contributed by atoms with Crippen LogP contribution in [0.3, 0.4) is 0 Å². The second kappa shape index (κ2) is 7.21. The molecule has 0 saturated carbocycles. The summed E-state index contributed by atoms with van der Waals surface area (Å²) in [6.07, 6.45) is 0.785. The summed E-state index contributed by atoms with van der Waals surface area (Å²) in [5.74, 6) is 2.61. The van der Waals surface area contributed by atoms with Crippen LogP contribution in [0, 0.1) is 12.8 Å². The Morgan fingerprint density at radius 2 is 2.04 bits per heavy atom. The molecule has 0 radical (unpaired) electrons. The molecule has 2 rings (SSSR count). The van der Waals surface area contributed by atoms with Crippen LogP contribution in [0.2, 0.25) is 0 Å². The zero-order valence-corrected chi connectivity index (χ0v) is 14.4. The first-order chi connectivity index (χ1) is 10.9. The average Bonchev–Trinajstić information content (AvgIpc) is 2.86. The highest BCUT2D eigenvalue weighted by atomic mass is 16.2. The number of carbonyl (C=O) groups is 1. The van der Waals surface area contributed by atoms with Gasteiger partial charge in [0, 0.05) is 26.2 Å². The monoisotopic (exact) mass is 316 g/mol. The van der Waals surface area contributed by atoms with E-state index in [1.54, 1.807) is 18.8 Å². The van der Waals surface area contributed by atoms with Gasteiger partial charge in [-0.3, -0.25) is 0 Å². The van der Waals surface area contributed by atoms with E-state index in [1.807, 2.05) is 25.1 Å². The molecule has 1 N–H and O–H groups in total. The van der Waals surface area contributed by atoms with Crippen LogP contribution in [0.5, 0.6) is 0 Å². The quantitative estimate of drug-likeness (QED) is 0.914. The van der Waals surface area contributed by atoms with E-state index in [0.717, 1.165) is 17.9 Å². The van der Waals surface area contributed by atoms with Crippen molar-refractivity contribution in [1.29, 1.82) is 0 Å². The van der Waals surface area contributed by atoms with Crippen LogP contribution in [0.15, 0.2) is 18.2 Å². The number of amides is 2. The van der Waals surface area contributed by atoms with Gasteiger partial charge in [-0.05, 0) is 25.0 Å². The molecule has 0 aromatic carbocycles. The molecule has 7 nitrogen and oxygen atoms in total. The number of carbonyl (C=O) groups excluding carboxylic acids is 1. The van der Waals surface area contributed by atoms with Crippen LogP contribution in [-0.2, 0) is 13.0 Å². The van der Waals surface area contributed by atoms with E-state index in [0.29, 0.717) is 24.1 Å². The van der Waals surface area contributed by atoms with E-state index in [1.165, 1.54) is 4.90 Å². The van der Waals surface area contributed by atoms with Crippen molar-refractivity contribution in [3.05, 3.63) is 35.5 Å². The van der Waals surface area contributed by atoms with Crippen molar-refractivity contribution >= 4 is 6.03 Å². The first-order valence-corrected chi connectivity index (χ1v) is 7.71. The molecule has 0 spiro atoms. The summed E-state index contributed by atoms with van der Waals surface area (Å²) in [4.78, 5) is 22.3. The van der Waals surface area contributed by atoms with Gasteiger partial charge in [-0.1, -0.05) is 19.9 Å². The number of nitrogens with zero attached hydrogens (tertiary/aromatic N) is 5. The largest absolute Gasteiger partial charge is 0.331 e. The van der Waals surface area contributed by atoms with E-state index >= 15 is 0 Å². The first kappa shape index (κ1) is 16.9. The van der Waals surface area contributed by atoms with E-state index < -0.39 is 0 Å². The van der Waals surface area contributed by atoms with Crippen molar-refractivity contribution in [3.8, 4) is 5.82 Å². The number of hydrogen-bond acceptors (Lipinski definition) is 4. The van der Waals surface area contributed by atoms with E-state index in [-0.39, 0.29) is 6.03 Å². The third kappa shape index (κ3) is 4.51. The molecule has 0 aliphatic heterocycles. The average molecular weight is 316 g/mol. The number of nitrogens with one attached hydrogen (secondary N) is 1. The minimum atomic E-state index is -0.165. The summed E-state index contributed by atoms with van der Waals surface area (Å²) in [5, 5.41) is 7.39. The summed E-state index contributed by atoms with van der Waals surface area (Å²) < 4.78 is 1.71. The zero-order valence-electron chi connectivity index (χ0n) is 14.4. The lowest BCUT2D eigenvalue weighted by Crippen LogP contribution is -2.34. The van der Waals surface area contributed by atoms with E-state index in [9.17, 15) is 4.79 Å². The molecule has 124 valence electrons. The Morgan fingerprint density at radius 3 is 2.65 bits per heavy atom. The molecular formula is C16H24N6O. The smallest absolute Gasteiger partial charge is 0.317 e. The van der Waals surface area contributed by atoms with Crippen LogP contribution in [0.1, 0.15) is 31.2 Å². The summed E-state index contributed by atoms with van der Waals surface area (Å²) >= 11 is 0. The second-order valence-corrected chi connectivity index (χ2v) is 6.14. The molecular weight excluding hydrogens is 292 g/mol. The summed E-state index contributed by atoms with van der Waals surface area (Å²) in [6, 6.07) is 5.59. The van der Waals surface area contributed by atoms with Gasteiger partial charge in [-0.25, -0.2) is 14.8 Å². The first-order valence-electron chi connectivity index (χ1n) is 7.71. The van der Waals surface area contributed by atoms with Gasteiger partial charge >= 0.3 is 6.03 Å². The Labute approximate surface area is 136 Å². The summed E-state index contributed by atoms with van der Waals surface area (Å²) in [5.41, 5.74) is 0.909. The van der Waals surface area contributed by atoms with Crippen molar-refractivity contribution in [2.75, 3.05) is 14.1 Å². The molecule has 2 aromatic rings. The van der Waals surface area contributed by atoms with Gasteiger partial charge in [0.25, 0.3) is 0 Å². The van der Waals surface area contributed by atoms with Crippen molar-refractivity contribution in [3.63, 3.8) is 0 Å². The molecule has 2 aromatic heterocycles. The number of aryl methyl sites for hydroxylation is 1. The Morgan fingerprint density at radius 1 is 1.30 bits per heavy atom. The number of urea groups is 1. The molecule has 2 heterocycles. The lowest BCUT2D eigenvalue weighted by atomic mass is 10.1. The Balaban J connectivity index is 2.30. The standard InChI is InChI=1S/C16H24N6O/c1-11(2)9-13-19-15(10-17-16(23)21(4)5)22(20-13)14-8-6-7-12(3)18-14/h6-8,11H,9-10H2,1-5H3,(H,17,23). The SMILES string of the molecule is Cc1cccc(-n2nc(CC(C)C)nc2CNC(=O)N(C)C)n1. The van der Waals surface area contributed by atoms with E-state index in [2.05, 4.69) is 34.2 Å². The molecule has 0 aliphatic rings. The molecule has 0 aliphatic carbocycles. The predicted octanol–water partition coefficient (Wildman–Crippen LogP) is 1.94. The molecule has 0 unspecified atom stereocenters. The third-order valence-corrected chi connectivity index (χ3v) is 3.20. The topological polar surface area (TPSA) is 75.9 Å². The highest BCUT2D eigenvalue weighted by Crippen LogP contribution is 2.11. The van der Waals surface area contributed by atoms with Gasteiger partial charge in [-0.2, -0.15) is 4.68 Å². The van der Waals surface area contributed by atoms with Crippen molar-refractivity contribution in [2.45, 2.75) is 33.7 Å². The van der Waals surface area contributed by atoms with Gasteiger partial charge in [-0.15, -0.1) is 5.10 Å². The van der Waals surface area contributed by atoms with Crippen LogP contribution >= 0.6 is 0 Å². The molecule has 0 saturated heterocycles. The zero-order chi connectivity index (χ0) is 17.0. The fourth-order valence-electron chi connectivity index (χ4n) is 2.10. The minimum Gasteiger partial charge on any atom is -0.331 e. The maximum absolute atomic E-state index is 11.7. The molecule has 2 amide bonds. The Hall–Kier alpha value is -2.44. The minimum absolute atomic E-state index is 0.165. The molecule has 23 heavy (non-hydrogen) atoms. The van der Waals surface area contributed by atoms with Gasteiger partial charge in [0.2, 0.25) is 0 Å². The van der Waals surface area contributed by atoms with Gasteiger partial charge < -0.3 is 10.2 Å². The maximum Gasteiger partial charge on any atom is 0.317 e. The van der Waals surface area contributed by atoms with Gasteiger partial charge in [0.05, 0.1) is 6.54 Å². The highest BCUT2D eigenvalue weighted by molar-refractivity contribution is 5.73. The Kier molecular flexibility index (Phi) is 5.31. The molecule has 0 atom stereocenters. The maximum atomic E-state index is 11.7. The van der Waals surface area contributed by atoms with Crippen LogP contribution < -0.4 is 5.32 Å². The lowest BCUT2D eigenvalue weighted by molar-refractivity contribution is 0.216. The van der Waals surface area contributed by atoms with E-state index in [4.69, 9.17) is 0 Å². The summed E-state index contributed by atoms with van der Waals surface area (Å²) in [6.45, 7) is 6.49. The molecule has 0 fully saturated rings.